The number of likely N-dealkylation sites (tertiary alicyclic amines) is 1. The van der Waals surface area contributed by atoms with E-state index in [-0.39, 0.29) is 29.5 Å². The fourth-order valence-electron chi connectivity index (χ4n) is 6.37. The molecule has 3 aromatic carbocycles. The smallest absolute Gasteiger partial charge is 0.490 e. The standard InChI is InChI=1S/C37H45N5O7S.C2HF3O2/c1-7-48-31-19-24(8-12-30(31)49-21(2)3)33(41-26-10-11-27-23(18-26)14-16-40-35(27)39)36(43)42-17-15-28(37(44)47-6)34(42)29-20-25(38)9-13-32(29)50(45,46)22(4)5;3-2(4,5)1(6)7/h8-14,16,18-22,28,33-34,41H,7,15,17,38H2,1-6H3,(H2,39,40);(H,6,7). The Morgan fingerprint density at radius 2 is 1.68 bits per heavy atom. The van der Waals surface area contributed by atoms with Gasteiger partial charge in [0.05, 0.1) is 41.9 Å². The SMILES string of the molecule is CCOc1cc(C(Nc2ccc3c(N)nccc3c2)C(=O)N2CCC(C(=O)OC)C2c2cc(N)ccc2S(=O)(=O)C(C)C)ccc1OC(C)C.O=C(O)C(F)(F)F. The number of nitrogens with two attached hydrogens (primary N) is 2. The number of nitrogen functional groups attached to an aromatic ring is 2. The van der Waals surface area contributed by atoms with E-state index < -0.39 is 57.1 Å². The summed E-state index contributed by atoms with van der Waals surface area (Å²) in [5, 5.41) is 11.3. The number of carboxylic acids is 1. The number of methoxy groups -OCH3 is 1. The Morgan fingerprint density at radius 3 is 2.28 bits per heavy atom. The van der Waals surface area contributed by atoms with Crippen LogP contribution in [0.3, 0.4) is 0 Å². The number of aliphatic carboxylic acids is 1. The number of alkyl halides is 3. The second-order valence-electron chi connectivity index (χ2n) is 13.6. The van der Waals surface area contributed by atoms with E-state index in [0.29, 0.717) is 40.9 Å². The summed E-state index contributed by atoms with van der Waals surface area (Å²) in [5.41, 5.74) is 14.1. The van der Waals surface area contributed by atoms with E-state index in [1.165, 1.54) is 25.3 Å². The number of carboxylic acid groups (broad SMARTS) is 1. The molecule has 3 unspecified atom stereocenters. The van der Waals surface area contributed by atoms with Crippen LogP contribution in [0.1, 0.15) is 64.3 Å². The topological polar surface area (TPSA) is 213 Å². The lowest BCUT2D eigenvalue weighted by Crippen LogP contribution is -2.40. The zero-order chi connectivity index (χ0) is 42.4. The third-order valence-corrected chi connectivity index (χ3v) is 11.2. The Kier molecular flexibility index (Phi) is 13.9. The molecule has 0 spiro atoms. The number of halogens is 3. The average Bonchev–Trinajstić information content (AvgIpc) is 3.59. The molecule has 2 heterocycles. The summed E-state index contributed by atoms with van der Waals surface area (Å²) in [4.78, 5) is 42.9. The van der Waals surface area contributed by atoms with E-state index in [0.717, 1.165) is 10.8 Å². The van der Waals surface area contributed by atoms with E-state index in [4.69, 9.17) is 35.6 Å². The van der Waals surface area contributed by atoms with Gasteiger partial charge in [0, 0.05) is 29.5 Å². The summed E-state index contributed by atoms with van der Waals surface area (Å²) in [6, 6.07) is 15.2. The Morgan fingerprint density at radius 1 is 1.00 bits per heavy atom. The van der Waals surface area contributed by atoms with Crippen LogP contribution >= 0.6 is 0 Å². The largest absolute Gasteiger partial charge is 0.490 e. The van der Waals surface area contributed by atoms with Gasteiger partial charge in [-0.3, -0.25) is 9.59 Å². The number of pyridine rings is 1. The van der Waals surface area contributed by atoms with Crippen molar-refractivity contribution in [1.82, 2.24) is 9.88 Å². The molecule has 18 heteroatoms. The summed E-state index contributed by atoms with van der Waals surface area (Å²) in [7, 11) is -2.57. The summed E-state index contributed by atoms with van der Waals surface area (Å²) in [5.74, 6) is -3.18. The number of rotatable bonds is 12. The molecule has 57 heavy (non-hydrogen) atoms. The minimum absolute atomic E-state index is 0.0133. The number of hydrogen-bond donors (Lipinski definition) is 4. The van der Waals surface area contributed by atoms with Crippen LogP contribution in [-0.4, -0.2) is 79.0 Å². The average molecular weight is 818 g/mol. The minimum atomic E-state index is -5.08. The van der Waals surface area contributed by atoms with Crippen LogP contribution < -0.4 is 26.3 Å². The molecule has 3 atom stereocenters. The quantitative estimate of drug-likeness (QED) is 0.0912. The van der Waals surface area contributed by atoms with Crippen molar-refractivity contribution >= 4 is 55.6 Å². The molecule has 1 aliphatic heterocycles. The number of anilines is 3. The van der Waals surface area contributed by atoms with Crippen LogP contribution in [0, 0.1) is 5.92 Å². The molecule has 1 fully saturated rings. The number of carbonyl (C=O) groups is 3. The molecular weight excluding hydrogens is 772 g/mol. The van der Waals surface area contributed by atoms with Crippen molar-refractivity contribution in [1.29, 1.82) is 0 Å². The number of nitrogens with zero attached hydrogens (tertiary/aromatic N) is 2. The Hall–Kier alpha value is -5.78. The molecule has 1 aliphatic rings. The van der Waals surface area contributed by atoms with E-state index >= 15 is 4.79 Å². The van der Waals surface area contributed by atoms with Crippen LogP contribution in [0.2, 0.25) is 0 Å². The monoisotopic (exact) mass is 817 g/mol. The number of amides is 1. The first-order valence-corrected chi connectivity index (χ1v) is 19.4. The third-order valence-electron chi connectivity index (χ3n) is 9.02. The predicted octanol–water partition coefficient (Wildman–Crippen LogP) is 6.32. The van der Waals surface area contributed by atoms with Crippen LogP contribution in [0.25, 0.3) is 10.8 Å². The molecule has 5 rings (SSSR count). The van der Waals surface area contributed by atoms with Crippen molar-refractivity contribution in [2.45, 2.75) is 75.5 Å². The molecule has 308 valence electrons. The third kappa shape index (κ3) is 10.2. The Balaban J connectivity index is 0.000000940. The minimum Gasteiger partial charge on any atom is -0.490 e. The molecule has 0 bridgehead atoms. The highest BCUT2D eigenvalue weighted by Crippen LogP contribution is 2.44. The first-order chi connectivity index (χ1) is 26.7. The van der Waals surface area contributed by atoms with E-state index in [9.17, 15) is 26.4 Å². The molecule has 1 saturated heterocycles. The number of ether oxygens (including phenoxy) is 3. The molecule has 0 radical (unpaired) electrons. The summed E-state index contributed by atoms with van der Waals surface area (Å²) >= 11 is 0. The van der Waals surface area contributed by atoms with Gasteiger partial charge in [-0.15, -0.1) is 0 Å². The van der Waals surface area contributed by atoms with Gasteiger partial charge < -0.3 is 41.0 Å². The summed E-state index contributed by atoms with van der Waals surface area (Å²) in [6.45, 7) is 9.37. The van der Waals surface area contributed by atoms with E-state index in [2.05, 4.69) is 10.3 Å². The van der Waals surface area contributed by atoms with Crippen molar-refractivity contribution in [3.05, 3.63) is 78.0 Å². The molecule has 0 saturated carbocycles. The first-order valence-electron chi connectivity index (χ1n) is 17.9. The predicted molar refractivity (Wildman–Crippen MR) is 207 cm³/mol. The second kappa shape index (κ2) is 18.0. The van der Waals surface area contributed by atoms with E-state index in [1.54, 1.807) is 43.1 Å². The molecule has 1 aromatic heterocycles. The van der Waals surface area contributed by atoms with Crippen molar-refractivity contribution in [3.8, 4) is 11.5 Å². The summed E-state index contributed by atoms with van der Waals surface area (Å²) in [6.07, 6.45) is -3.34. The molecule has 6 N–H and O–H groups in total. The van der Waals surface area contributed by atoms with Crippen LogP contribution in [-0.2, 0) is 29.0 Å². The van der Waals surface area contributed by atoms with Gasteiger partial charge in [0.2, 0.25) is 5.91 Å². The van der Waals surface area contributed by atoms with Crippen LogP contribution in [0.15, 0.2) is 71.8 Å². The van der Waals surface area contributed by atoms with Gasteiger partial charge in [0.25, 0.3) is 0 Å². The van der Waals surface area contributed by atoms with Gasteiger partial charge >= 0.3 is 18.1 Å². The van der Waals surface area contributed by atoms with Gasteiger partial charge in [-0.1, -0.05) is 6.07 Å². The first kappa shape index (κ1) is 43.9. The number of carbonyl (C=O) groups excluding carboxylic acids is 2. The van der Waals surface area contributed by atoms with Gasteiger partial charge in [0.15, 0.2) is 21.3 Å². The molecular formula is C39H46F3N5O9S. The number of hydrogen-bond acceptors (Lipinski definition) is 12. The van der Waals surface area contributed by atoms with Gasteiger partial charge in [-0.05, 0) is 112 Å². The lowest BCUT2D eigenvalue weighted by molar-refractivity contribution is -0.192. The van der Waals surface area contributed by atoms with Crippen molar-refractivity contribution in [3.63, 3.8) is 0 Å². The highest BCUT2D eigenvalue weighted by Gasteiger charge is 2.47. The normalized spacial score (nSPS) is 16.2. The number of nitrogens with one attached hydrogen (secondary N) is 1. The van der Waals surface area contributed by atoms with Crippen molar-refractivity contribution in [2.24, 2.45) is 5.92 Å². The fourth-order valence-corrected chi connectivity index (χ4v) is 7.64. The Labute approximate surface area is 328 Å². The maximum atomic E-state index is 15.0. The highest BCUT2D eigenvalue weighted by molar-refractivity contribution is 7.92. The molecule has 0 aliphatic carbocycles. The zero-order valence-corrected chi connectivity index (χ0v) is 33.0. The zero-order valence-electron chi connectivity index (χ0n) is 32.2. The lowest BCUT2D eigenvalue weighted by atomic mass is 9.92. The van der Waals surface area contributed by atoms with Gasteiger partial charge in [-0.25, -0.2) is 18.2 Å². The van der Waals surface area contributed by atoms with Gasteiger partial charge in [0.1, 0.15) is 11.9 Å². The molecule has 14 nitrogen and oxygen atoms in total. The number of esters is 1. The lowest BCUT2D eigenvalue weighted by Gasteiger charge is -2.33. The maximum absolute atomic E-state index is 15.0. The van der Waals surface area contributed by atoms with E-state index in [1.807, 2.05) is 45.0 Å². The molecule has 4 aromatic rings. The van der Waals surface area contributed by atoms with Crippen LogP contribution in [0.5, 0.6) is 11.5 Å². The summed E-state index contributed by atoms with van der Waals surface area (Å²) < 4.78 is 76.2. The fraction of sp³-hybridized carbons (Fsp3) is 0.385. The maximum Gasteiger partial charge on any atom is 0.490 e. The number of fused-ring (bicyclic) bond motifs is 1. The Bertz CT molecular complexity index is 2220. The van der Waals surface area contributed by atoms with Crippen LogP contribution in [0.4, 0.5) is 30.4 Å². The number of sulfone groups is 1. The van der Waals surface area contributed by atoms with Gasteiger partial charge in [-0.2, -0.15) is 13.2 Å². The molecule has 1 amide bonds. The van der Waals surface area contributed by atoms with Crippen molar-refractivity contribution < 1.29 is 55.3 Å². The highest BCUT2D eigenvalue weighted by atomic mass is 32.2. The van der Waals surface area contributed by atoms with Crippen molar-refractivity contribution in [2.75, 3.05) is 37.0 Å². The number of benzene rings is 3. The second-order valence-corrected chi connectivity index (χ2v) is 16.1. The number of aromatic nitrogens is 1.